The van der Waals surface area contributed by atoms with Crippen LogP contribution in [0, 0.1) is 13.8 Å². The minimum atomic E-state index is -0.329. The average molecular weight is 404 g/mol. The van der Waals surface area contributed by atoms with Crippen molar-refractivity contribution in [2.75, 3.05) is 0 Å². The van der Waals surface area contributed by atoms with Crippen molar-refractivity contribution in [2.45, 2.75) is 53.1 Å². The molecule has 0 spiro atoms. The Morgan fingerprint density at radius 1 is 1.03 bits per heavy atom. The van der Waals surface area contributed by atoms with Crippen LogP contribution < -0.4 is 9.47 Å². The van der Waals surface area contributed by atoms with Gasteiger partial charge in [0.15, 0.2) is 0 Å². The van der Waals surface area contributed by atoms with Crippen LogP contribution in [-0.4, -0.2) is 11.0 Å². The highest BCUT2D eigenvalue weighted by Gasteiger charge is 2.16. The summed E-state index contributed by atoms with van der Waals surface area (Å²) in [6, 6.07) is 20.0. The highest BCUT2D eigenvalue weighted by Crippen LogP contribution is 2.30. The zero-order chi connectivity index (χ0) is 21.5. The molecule has 0 aliphatic rings. The number of aryl methyl sites for hydroxylation is 2. The molecule has 1 unspecified atom stereocenters. The quantitative estimate of drug-likeness (QED) is 0.314. The zero-order valence-electron chi connectivity index (χ0n) is 18.1. The van der Waals surface area contributed by atoms with E-state index >= 15 is 0 Å². The number of ether oxygens (including phenoxy) is 2. The maximum absolute atomic E-state index is 11.2. The van der Waals surface area contributed by atoms with Crippen molar-refractivity contribution in [2.24, 2.45) is 0 Å². The molecule has 0 aliphatic heterocycles. The normalized spacial score (nSPS) is 11.7. The van der Waals surface area contributed by atoms with E-state index in [1.807, 2.05) is 37.3 Å². The van der Waals surface area contributed by atoms with Crippen molar-refractivity contribution in [3.05, 3.63) is 77.5 Å². The van der Waals surface area contributed by atoms with E-state index in [4.69, 9.17) is 14.5 Å². The van der Waals surface area contributed by atoms with Crippen LogP contribution in [0.15, 0.2) is 60.7 Å². The number of carbonyl (C=O) groups excluding carboxylic acids is 1. The van der Waals surface area contributed by atoms with Gasteiger partial charge in [0, 0.05) is 12.5 Å². The molecule has 3 aromatic rings. The zero-order valence-corrected chi connectivity index (χ0v) is 18.1. The Morgan fingerprint density at radius 2 is 1.80 bits per heavy atom. The van der Waals surface area contributed by atoms with E-state index in [1.165, 1.54) is 12.5 Å². The van der Waals surface area contributed by atoms with Crippen molar-refractivity contribution in [3.8, 4) is 22.8 Å². The van der Waals surface area contributed by atoms with Gasteiger partial charge in [-0.25, -0.2) is 4.98 Å². The highest BCUT2D eigenvalue weighted by atomic mass is 16.5. The van der Waals surface area contributed by atoms with Gasteiger partial charge in [0.2, 0.25) is 0 Å². The molecule has 30 heavy (non-hydrogen) atoms. The van der Waals surface area contributed by atoms with Gasteiger partial charge in [0.05, 0.1) is 11.4 Å². The van der Waals surface area contributed by atoms with E-state index in [1.54, 1.807) is 6.07 Å². The maximum Gasteiger partial charge on any atom is 0.308 e. The second kappa shape index (κ2) is 10.1. The molecule has 0 bridgehead atoms. The number of nitrogens with zero attached hydrogens (tertiary/aromatic N) is 1. The Balaban J connectivity index is 1.86. The first kappa shape index (κ1) is 21.6. The number of pyridine rings is 1. The first-order chi connectivity index (χ1) is 14.5. The van der Waals surface area contributed by atoms with Gasteiger partial charge in [-0.3, -0.25) is 4.79 Å². The van der Waals surface area contributed by atoms with Crippen LogP contribution in [0.3, 0.4) is 0 Å². The molecule has 0 aliphatic carbocycles. The molecule has 3 rings (SSSR count). The van der Waals surface area contributed by atoms with Gasteiger partial charge in [-0.15, -0.1) is 0 Å². The minimum absolute atomic E-state index is 0.144. The van der Waals surface area contributed by atoms with Crippen LogP contribution >= 0.6 is 0 Å². The average Bonchev–Trinajstić information content (AvgIpc) is 2.73. The van der Waals surface area contributed by atoms with E-state index in [0.717, 1.165) is 47.5 Å². The number of hydrogen-bond donors (Lipinski definition) is 0. The highest BCUT2D eigenvalue weighted by molar-refractivity contribution is 5.69. The second-order valence-electron chi connectivity index (χ2n) is 7.58. The molecule has 0 N–H and O–H groups in total. The topological polar surface area (TPSA) is 48.4 Å². The number of hydrogen-bond acceptors (Lipinski definition) is 4. The third-order valence-electron chi connectivity index (χ3n) is 4.95. The molecular weight excluding hydrogens is 374 g/mol. The Morgan fingerprint density at radius 3 is 2.47 bits per heavy atom. The lowest BCUT2D eigenvalue weighted by Gasteiger charge is -2.20. The SMILES string of the molecule is CCCCC(Oc1ccc(OC(C)=O)c(C)c1)c1cccc(-c2ccc(C)cc2)n1. The fourth-order valence-corrected chi connectivity index (χ4v) is 3.30. The Bertz CT molecular complexity index is 995. The molecule has 0 fully saturated rings. The third-order valence-corrected chi connectivity index (χ3v) is 4.95. The van der Waals surface area contributed by atoms with Gasteiger partial charge in [0.25, 0.3) is 0 Å². The molecule has 4 heteroatoms. The molecule has 4 nitrogen and oxygen atoms in total. The number of aromatic nitrogens is 1. The number of unbranched alkanes of at least 4 members (excludes halogenated alkanes) is 1. The van der Waals surface area contributed by atoms with Crippen LogP contribution in [0.1, 0.15) is 56.0 Å². The van der Waals surface area contributed by atoms with Crippen LogP contribution in [0.25, 0.3) is 11.3 Å². The lowest BCUT2D eigenvalue weighted by atomic mass is 10.1. The Kier molecular flexibility index (Phi) is 7.23. The summed E-state index contributed by atoms with van der Waals surface area (Å²) < 4.78 is 11.6. The van der Waals surface area contributed by atoms with E-state index < -0.39 is 0 Å². The van der Waals surface area contributed by atoms with E-state index in [2.05, 4.69) is 38.1 Å². The van der Waals surface area contributed by atoms with Gasteiger partial charge in [0.1, 0.15) is 17.6 Å². The van der Waals surface area contributed by atoms with Gasteiger partial charge >= 0.3 is 5.97 Å². The Labute approximate surface area is 178 Å². The first-order valence-corrected chi connectivity index (χ1v) is 10.5. The molecule has 0 saturated heterocycles. The Hall–Kier alpha value is -3.14. The smallest absolute Gasteiger partial charge is 0.308 e. The predicted octanol–water partition coefficient (Wildman–Crippen LogP) is 6.60. The number of rotatable bonds is 8. The van der Waals surface area contributed by atoms with Crippen LogP contribution in [-0.2, 0) is 4.79 Å². The largest absolute Gasteiger partial charge is 0.484 e. The molecule has 156 valence electrons. The lowest BCUT2D eigenvalue weighted by Crippen LogP contribution is -2.10. The van der Waals surface area contributed by atoms with Gasteiger partial charge in [-0.1, -0.05) is 49.2 Å². The molecule has 1 heterocycles. The molecule has 1 aromatic heterocycles. The molecule has 0 saturated carbocycles. The summed E-state index contributed by atoms with van der Waals surface area (Å²) in [5.41, 5.74) is 5.05. The fourth-order valence-electron chi connectivity index (χ4n) is 3.30. The predicted molar refractivity (Wildman–Crippen MR) is 120 cm³/mol. The minimum Gasteiger partial charge on any atom is -0.484 e. The standard InChI is InChI=1S/C26H29NO3/c1-5-6-10-26(30-22-15-16-25(19(3)17-22)29-20(4)28)24-9-7-8-23(27-24)21-13-11-18(2)12-14-21/h7-9,11-17,26H,5-6,10H2,1-4H3. The fraction of sp³-hybridized carbons (Fsp3) is 0.308. The van der Waals surface area contributed by atoms with Crippen LogP contribution in [0.2, 0.25) is 0 Å². The summed E-state index contributed by atoms with van der Waals surface area (Å²) in [5, 5.41) is 0. The number of carbonyl (C=O) groups is 1. The second-order valence-corrected chi connectivity index (χ2v) is 7.58. The summed E-state index contributed by atoms with van der Waals surface area (Å²) in [6.45, 7) is 7.56. The van der Waals surface area contributed by atoms with Crippen LogP contribution in [0.5, 0.6) is 11.5 Å². The summed E-state index contributed by atoms with van der Waals surface area (Å²) in [5.74, 6) is 0.969. The van der Waals surface area contributed by atoms with E-state index in [9.17, 15) is 4.79 Å². The van der Waals surface area contributed by atoms with Crippen molar-refractivity contribution in [1.82, 2.24) is 4.98 Å². The maximum atomic E-state index is 11.2. The summed E-state index contributed by atoms with van der Waals surface area (Å²) in [4.78, 5) is 16.1. The molecule has 1 atom stereocenters. The summed E-state index contributed by atoms with van der Waals surface area (Å²) in [7, 11) is 0. The first-order valence-electron chi connectivity index (χ1n) is 10.5. The van der Waals surface area contributed by atoms with Gasteiger partial charge in [-0.2, -0.15) is 0 Å². The van der Waals surface area contributed by atoms with Crippen molar-refractivity contribution < 1.29 is 14.3 Å². The van der Waals surface area contributed by atoms with E-state index in [0.29, 0.717) is 5.75 Å². The van der Waals surface area contributed by atoms with E-state index in [-0.39, 0.29) is 12.1 Å². The summed E-state index contributed by atoms with van der Waals surface area (Å²) >= 11 is 0. The molecule has 0 amide bonds. The van der Waals surface area contributed by atoms with Crippen molar-refractivity contribution >= 4 is 5.97 Å². The van der Waals surface area contributed by atoms with Gasteiger partial charge in [-0.05, 0) is 62.6 Å². The number of esters is 1. The monoisotopic (exact) mass is 403 g/mol. The molecule has 0 radical (unpaired) electrons. The van der Waals surface area contributed by atoms with Crippen LogP contribution in [0.4, 0.5) is 0 Å². The summed E-state index contributed by atoms with van der Waals surface area (Å²) in [6.07, 6.45) is 2.87. The van der Waals surface area contributed by atoms with Gasteiger partial charge < -0.3 is 9.47 Å². The molecule has 2 aromatic carbocycles. The van der Waals surface area contributed by atoms with Crippen molar-refractivity contribution in [1.29, 1.82) is 0 Å². The number of benzene rings is 2. The lowest BCUT2D eigenvalue weighted by molar-refractivity contribution is -0.131. The van der Waals surface area contributed by atoms with Crippen molar-refractivity contribution in [3.63, 3.8) is 0 Å². The molecular formula is C26H29NO3. The third kappa shape index (κ3) is 5.69.